The zero-order valence-corrected chi connectivity index (χ0v) is 13.7. The number of ether oxygens (including phenoxy) is 1. The number of nitrogens with zero attached hydrogens (tertiary/aromatic N) is 1. The number of hydrogen-bond donors (Lipinski definition) is 1. The molecular weight excluding hydrogens is 296 g/mol. The molecule has 0 aliphatic heterocycles. The average Bonchev–Trinajstić information content (AvgIpc) is 2.59. The molecule has 1 aliphatic carbocycles. The maximum atomic E-state index is 11.6. The van der Waals surface area contributed by atoms with Crippen LogP contribution in [0, 0.1) is 22.0 Å². The van der Waals surface area contributed by atoms with Crippen LogP contribution in [0.4, 0.5) is 5.69 Å². The Morgan fingerprint density at radius 1 is 1.30 bits per heavy atom. The van der Waals surface area contributed by atoms with Crippen LogP contribution in [-0.2, 0) is 16.1 Å². The number of nitro groups is 1. The highest BCUT2D eigenvalue weighted by atomic mass is 16.6. The van der Waals surface area contributed by atoms with Crippen molar-refractivity contribution >= 4 is 11.7 Å². The maximum Gasteiger partial charge on any atom is 0.308 e. The lowest BCUT2D eigenvalue weighted by Gasteiger charge is -2.31. The molecule has 1 aromatic carbocycles. The number of carbonyl (C=O) groups excluding carboxylic acids is 1. The van der Waals surface area contributed by atoms with Crippen LogP contribution >= 0.6 is 0 Å². The van der Waals surface area contributed by atoms with Crippen LogP contribution in [-0.4, -0.2) is 24.0 Å². The molecule has 6 heteroatoms. The number of non-ortho nitro benzene ring substituents is 1. The molecule has 1 unspecified atom stereocenters. The monoisotopic (exact) mass is 320 g/mol. The van der Waals surface area contributed by atoms with Crippen molar-refractivity contribution in [1.29, 1.82) is 0 Å². The van der Waals surface area contributed by atoms with Gasteiger partial charge in [0, 0.05) is 24.7 Å². The van der Waals surface area contributed by atoms with Crippen LogP contribution in [0.3, 0.4) is 0 Å². The Labute approximate surface area is 136 Å². The topological polar surface area (TPSA) is 81.5 Å². The lowest BCUT2D eigenvalue weighted by Crippen LogP contribution is -2.35. The van der Waals surface area contributed by atoms with E-state index in [1.165, 1.54) is 19.2 Å². The Morgan fingerprint density at radius 3 is 2.43 bits per heavy atom. The van der Waals surface area contributed by atoms with E-state index in [0.29, 0.717) is 18.5 Å². The third kappa shape index (κ3) is 4.76. The van der Waals surface area contributed by atoms with Gasteiger partial charge in [-0.05, 0) is 37.2 Å². The fraction of sp³-hybridized carbons (Fsp3) is 0.588. The van der Waals surface area contributed by atoms with E-state index in [1.807, 2.05) is 6.92 Å². The number of methoxy groups -OCH3 is 1. The first-order valence-electron chi connectivity index (χ1n) is 8.05. The molecule has 1 N–H and O–H groups in total. The fourth-order valence-corrected chi connectivity index (χ4v) is 3.20. The average molecular weight is 320 g/mol. The van der Waals surface area contributed by atoms with Gasteiger partial charge in [-0.3, -0.25) is 14.9 Å². The summed E-state index contributed by atoms with van der Waals surface area (Å²) < 4.78 is 4.82. The lowest BCUT2D eigenvalue weighted by molar-refractivity contribution is -0.384. The second-order valence-corrected chi connectivity index (χ2v) is 6.23. The molecule has 2 rings (SSSR count). The van der Waals surface area contributed by atoms with Crippen molar-refractivity contribution < 1.29 is 14.5 Å². The second-order valence-electron chi connectivity index (χ2n) is 6.23. The standard InChI is InChI=1S/C17H24N2O4/c1-12(17(20)23-2)14-5-7-15(8-6-14)18-11-13-3-9-16(10-4-13)19(21)22/h3-4,9-10,12,14-15,18H,5-8,11H2,1-2H3. The summed E-state index contributed by atoms with van der Waals surface area (Å²) in [5.74, 6) is 0.253. The summed E-state index contributed by atoms with van der Waals surface area (Å²) in [7, 11) is 1.44. The van der Waals surface area contributed by atoms with Gasteiger partial charge in [0.25, 0.3) is 5.69 Å². The van der Waals surface area contributed by atoms with Gasteiger partial charge in [0.15, 0.2) is 0 Å². The van der Waals surface area contributed by atoms with Crippen LogP contribution in [0.5, 0.6) is 0 Å². The molecule has 0 amide bonds. The Bertz CT molecular complexity index is 536. The quantitative estimate of drug-likeness (QED) is 0.495. The zero-order valence-electron chi connectivity index (χ0n) is 13.7. The number of nitro benzene ring substituents is 1. The maximum absolute atomic E-state index is 11.6. The second kappa shape index (κ2) is 8.06. The van der Waals surface area contributed by atoms with E-state index in [1.54, 1.807) is 12.1 Å². The summed E-state index contributed by atoms with van der Waals surface area (Å²) in [5, 5.41) is 14.1. The van der Waals surface area contributed by atoms with Gasteiger partial charge >= 0.3 is 5.97 Å². The molecular formula is C17H24N2O4. The highest BCUT2D eigenvalue weighted by molar-refractivity contribution is 5.72. The van der Waals surface area contributed by atoms with Crippen molar-refractivity contribution in [2.75, 3.05) is 7.11 Å². The molecule has 0 bridgehead atoms. The predicted molar refractivity (Wildman–Crippen MR) is 86.9 cm³/mol. The first-order valence-corrected chi connectivity index (χ1v) is 8.05. The first-order chi connectivity index (χ1) is 11.0. The molecule has 126 valence electrons. The molecule has 6 nitrogen and oxygen atoms in total. The van der Waals surface area contributed by atoms with Crippen molar-refractivity contribution in [2.24, 2.45) is 11.8 Å². The zero-order chi connectivity index (χ0) is 16.8. The summed E-state index contributed by atoms with van der Waals surface area (Å²) in [6.45, 7) is 2.65. The van der Waals surface area contributed by atoms with E-state index in [4.69, 9.17) is 4.74 Å². The normalized spacial score (nSPS) is 22.3. The molecule has 1 saturated carbocycles. The van der Waals surface area contributed by atoms with Gasteiger partial charge < -0.3 is 10.1 Å². The number of nitrogens with one attached hydrogen (secondary N) is 1. The molecule has 0 aromatic heterocycles. The van der Waals surface area contributed by atoms with Crippen molar-refractivity contribution in [3.05, 3.63) is 39.9 Å². The largest absolute Gasteiger partial charge is 0.469 e. The predicted octanol–water partition coefficient (Wildman–Crippen LogP) is 3.05. The van der Waals surface area contributed by atoms with E-state index >= 15 is 0 Å². The third-order valence-corrected chi connectivity index (χ3v) is 4.79. The summed E-state index contributed by atoms with van der Waals surface area (Å²) in [4.78, 5) is 21.8. The summed E-state index contributed by atoms with van der Waals surface area (Å²) in [5.41, 5.74) is 1.16. The summed E-state index contributed by atoms with van der Waals surface area (Å²) in [6, 6.07) is 7.08. The molecule has 0 heterocycles. The van der Waals surface area contributed by atoms with Gasteiger partial charge in [-0.1, -0.05) is 19.1 Å². The van der Waals surface area contributed by atoms with Gasteiger partial charge in [-0.25, -0.2) is 0 Å². The highest BCUT2D eigenvalue weighted by Gasteiger charge is 2.29. The molecule has 1 atom stereocenters. The Balaban J connectivity index is 1.76. The Kier molecular flexibility index (Phi) is 6.10. The van der Waals surface area contributed by atoms with E-state index in [2.05, 4.69) is 5.32 Å². The number of benzene rings is 1. The minimum atomic E-state index is -0.388. The molecule has 0 spiro atoms. The lowest BCUT2D eigenvalue weighted by atomic mass is 9.79. The van der Waals surface area contributed by atoms with Gasteiger partial charge in [0.2, 0.25) is 0 Å². The van der Waals surface area contributed by atoms with E-state index in [-0.39, 0.29) is 22.5 Å². The molecule has 1 aromatic rings. The number of carbonyl (C=O) groups is 1. The molecule has 0 saturated heterocycles. The Hall–Kier alpha value is -1.95. The van der Waals surface area contributed by atoms with Crippen molar-refractivity contribution in [3.63, 3.8) is 0 Å². The number of hydrogen-bond acceptors (Lipinski definition) is 5. The molecule has 1 aliphatic rings. The van der Waals surface area contributed by atoms with E-state index in [0.717, 1.165) is 31.2 Å². The van der Waals surface area contributed by atoms with Gasteiger partial charge in [0.1, 0.15) is 0 Å². The smallest absolute Gasteiger partial charge is 0.308 e. The van der Waals surface area contributed by atoms with Gasteiger partial charge in [-0.15, -0.1) is 0 Å². The van der Waals surface area contributed by atoms with Crippen molar-refractivity contribution in [1.82, 2.24) is 5.32 Å². The highest BCUT2D eigenvalue weighted by Crippen LogP contribution is 2.31. The minimum Gasteiger partial charge on any atom is -0.469 e. The van der Waals surface area contributed by atoms with Crippen LogP contribution in [0.25, 0.3) is 0 Å². The van der Waals surface area contributed by atoms with Gasteiger partial charge in [0.05, 0.1) is 18.0 Å². The Morgan fingerprint density at radius 2 is 1.91 bits per heavy atom. The summed E-state index contributed by atoms with van der Waals surface area (Å²) >= 11 is 0. The molecule has 23 heavy (non-hydrogen) atoms. The van der Waals surface area contributed by atoms with Crippen molar-refractivity contribution in [2.45, 2.75) is 45.2 Å². The molecule has 0 radical (unpaired) electrons. The first kappa shape index (κ1) is 17.4. The van der Waals surface area contributed by atoms with Crippen LogP contribution in [0.2, 0.25) is 0 Å². The summed E-state index contributed by atoms with van der Waals surface area (Å²) in [6.07, 6.45) is 4.13. The van der Waals surface area contributed by atoms with E-state index < -0.39 is 0 Å². The van der Waals surface area contributed by atoms with Crippen LogP contribution < -0.4 is 5.32 Å². The molecule has 1 fully saturated rings. The van der Waals surface area contributed by atoms with Crippen molar-refractivity contribution in [3.8, 4) is 0 Å². The minimum absolute atomic E-state index is 0.0318. The third-order valence-electron chi connectivity index (χ3n) is 4.79. The fourth-order valence-electron chi connectivity index (χ4n) is 3.20. The SMILES string of the molecule is COC(=O)C(C)C1CCC(NCc2ccc([N+](=O)[O-])cc2)CC1. The van der Waals surface area contributed by atoms with Crippen LogP contribution in [0.1, 0.15) is 38.2 Å². The number of esters is 1. The van der Waals surface area contributed by atoms with E-state index in [9.17, 15) is 14.9 Å². The van der Waals surface area contributed by atoms with Gasteiger partial charge in [-0.2, -0.15) is 0 Å². The number of rotatable bonds is 6. The van der Waals surface area contributed by atoms with Crippen LogP contribution in [0.15, 0.2) is 24.3 Å².